The van der Waals surface area contributed by atoms with Crippen molar-refractivity contribution < 1.29 is 5.11 Å². The SMILES string of the molecule is CCNc1ncc(C)c(NCC2CCC(O)CC2)n1. The molecule has 1 aromatic heterocycles. The fourth-order valence-corrected chi connectivity index (χ4v) is 2.45. The second-order valence-electron chi connectivity index (χ2n) is 5.31. The standard InChI is InChI=1S/C14H24N4O/c1-3-15-14-17-8-10(2)13(18-14)16-9-11-4-6-12(19)7-5-11/h8,11-12,19H,3-7,9H2,1-2H3,(H2,15,16,17,18). The largest absolute Gasteiger partial charge is 0.393 e. The van der Waals surface area contributed by atoms with E-state index in [1.165, 1.54) is 0 Å². The zero-order valence-corrected chi connectivity index (χ0v) is 11.8. The molecule has 2 rings (SSSR count). The monoisotopic (exact) mass is 264 g/mol. The number of aromatic nitrogens is 2. The van der Waals surface area contributed by atoms with E-state index in [9.17, 15) is 5.11 Å². The minimum Gasteiger partial charge on any atom is -0.393 e. The molecule has 5 nitrogen and oxygen atoms in total. The van der Waals surface area contributed by atoms with E-state index < -0.39 is 0 Å². The summed E-state index contributed by atoms with van der Waals surface area (Å²) in [5.74, 6) is 2.23. The van der Waals surface area contributed by atoms with Gasteiger partial charge in [0.15, 0.2) is 0 Å². The number of anilines is 2. The molecular formula is C14H24N4O. The predicted octanol–water partition coefficient (Wildman–Crippen LogP) is 2.18. The fraction of sp³-hybridized carbons (Fsp3) is 0.714. The van der Waals surface area contributed by atoms with Crippen molar-refractivity contribution in [3.8, 4) is 0 Å². The molecular weight excluding hydrogens is 240 g/mol. The van der Waals surface area contributed by atoms with E-state index in [0.29, 0.717) is 11.9 Å². The summed E-state index contributed by atoms with van der Waals surface area (Å²) >= 11 is 0. The summed E-state index contributed by atoms with van der Waals surface area (Å²) < 4.78 is 0. The van der Waals surface area contributed by atoms with Crippen LogP contribution < -0.4 is 10.6 Å². The Morgan fingerprint density at radius 3 is 2.68 bits per heavy atom. The van der Waals surface area contributed by atoms with Gasteiger partial charge >= 0.3 is 0 Å². The second kappa shape index (κ2) is 6.70. The molecule has 0 amide bonds. The van der Waals surface area contributed by atoms with Crippen LogP contribution in [0.5, 0.6) is 0 Å². The Balaban J connectivity index is 1.89. The number of nitrogens with one attached hydrogen (secondary N) is 2. The highest BCUT2D eigenvalue weighted by Crippen LogP contribution is 2.24. The van der Waals surface area contributed by atoms with Crippen LogP contribution in [-0.2, 0) is 0 Å². The topological polar surface area (TPSA) is 70.1 Å². The predicted molar refractivity (Wildman–Crippen MR) is 77.4 cm³/mol. The summed E-state index contributed by atoms with van der Waals surface area (Å²) in [7, 11) is 0. The maximum absolute atomic E-state index is 9.50. The number of hydrogen-bond acceptors (Lipinski definition) is 5. The molecule has 0 bridgehead atoms. The highest BCUT2D eigenvalue weighted by atomic mass is 16.3. The van der Waals surface area contributed by atoms with Crippen molar-refractivity contribution in [2.24, 2.45) is 5.92 Å². The molecule has 0 radical (unpaired) electrons. The lowest BCUT2D eigenvalue weighted by Crippen LogP contribution is -2.24. The van der Waals surface area contributed by atoms with Crippen LogP contribution in [0, 0.1) is 12.8 Å². The Kier molecular flexibility index (Phi) is 4.96. The van der Waals surface area contributed by atoms with E-state index in [1.54, 1.807) is 0 Å². The summed E-state index contributed by atoms with van der Waals surface area (Å²) in [6, 6.07) is 0. The number of hydrogen-bond donors (Lipinski definition) is 3. The van der Waals surface area contributed by atoms with Crippen LogP contribution in [0.1, 0.15) is 38.2 Å². The van der Waals surface area contributed by atoms with E-state index in [4.69, 9.17) is 0 Å². The van der Waals surface area contributed by atoms with E-state index in [0.717, 1.165) is 50.2 Å². The summed E-state index contributed by atoms with van der Waals surface area (Å²) in [6.07, 6.45) is 5.81. The molecule has 0 spiro atoms. The van der Waals surface area contributed by atoms with Gasteiger partial charge < -0.3 is 15.7 Å². The Bertz CT molecular complexity index is 402. The lowest BCUT2D eigenvalue weighted by molar-refractivity contribution is 0.111. The van der Waals surface area contributed by atoms with Gasteiger partial charge in [-0.3, -0.25) is 0 Å². The number of aliphatic hydroxyl groups excluding tert-OH is 1. The van der Waals surface area contributed by atoms with Crippen LogP contribution in [0.4, 0.5) is 11.8 Å². The molecule has 1 aliphatic carbocycles. The van der Waals surface area contributed by atoms with Gasteiger partial charge in [-0.15, -0.1) is 0 Å². The molecule has 5 heteroatoms. The number of rotatable bonds is 5. The van der Waals surface area contributed by atoms with Crippen molar-refractivity contribution in [1.29, 1.82) is 0 Å². The third-order valence-corrected chi connectivity index (χ3v) is 3.68. The van der Waals surface area contributed by atoms with Crippen LogP contribution in [0.3, 0.4) is 0 Å². The Morgan fingerprint density at radius 2 is 2.00 bits per heavy atom. The molecule has 1 heterocycles. The molecule has 0 unspecified atom stereocenters. The van der Waals surface area contributed by atoms with Gasteiger partial charge in [0.05, 0.1) is 6.10 Å². The maximum Gasteiger partial charge on any atom is 0.224 e. The summed E-state index contributed by atoms with van der Waals surface area (Å²) in [6.45, 7) is 5.80. The molecule has 1 aromatic rings. The molecule has 0 atom stereocenters. The maximum atomic E-state index is 9.50. The minimum absolute atomic E-state index is 0.0857. The first-order valence-electron chi connectivity index (χ1n) is 7.18. The van der Waals surface area contributed by atoms with E-state index >= 15 is 0 Å². The van der Waals surface area contributed by atoms with E-state index in [-0.39, 0.29) is 6.10 Å². The third kappa shape index (κ3) is 4.06. The van der Waals surface area contributed by atoms with Crippen molar-refractivity contribution in [2.45, 2.75) is 45.6 Å². The molecule has 3 N–H and O–H groups in total. The molecule has 106 valence electrons. The van der Waals surface area contributed by atoms with E-state index in [1.807, 2.05) is 20.0 Å². The summed E-state index contributed by atoms with van der Waals surface area (Å²) in [4.78, 5) is 8.72. The van der Waals surface area contributed by atoms with Gasteiger partial charge in [-0.25, -0.2) is 4.98 Å². The quantitative estimate of drug-likeness (QED) is 0.760. The van der Waals surface area contributed by atoms with Crippen molar-refractivity contribution in [1.82, 2.24) is 9.97 Å². The first-order chi connectivity index (χ1) is 9.19. The number of aliphatic hydroxyl groups is 1. The lowest BCUT2D eigenvalue weighted by Gasteiger charge is -2.25. The zero-order chi connectivity index (χ0) is 13.7. The van der Waals surface area contributed by atoms with Gasteiger partial charge in [0.25, 0.3) is 0 Å². The van der Waals surface area contributed by atoms with Crippen molar-refractivity contribution >= 4 is 11.8 Å². The Morgan fingerprint density at radius 1 is 1.26 bits per heavy atom. The number of aryl methyl sites for hydroxylation is 1. The van der Waals surface area contributed by atoms with Crippen molar-refractivity contribution in [3.63, 3.8) is 0 Å². The number of nitrogens with zero attached hydrogens (tertiary/aromatic N) is 2. The molecule has 0 aliphatic heterocycles. The van der Waals surface area contributed by atoms with Crippen LogP contribution in [0.2, 0.25) is 0 Å². The second-order valence-corrected chi connectivity index (χ2v) is 5.31. The Labute approximate surface area is 114 Å². The van der Waals surface area contributed by atoms with Crippen LogP contribution >= 0.6 is 0 Å². The molecule has 1 fully saturated rings. The van der Waals surface area contributed by atoms with Gasteiger partial charge in [-0.2, -0.15) is 4.98 Å². The molecule has 0 aromatic carbocycles. The average Bonchev–Trinajstić information content (AvgIpc) is 2.41. The molecule has 19 heavy (non-hydrogen) atoms. The molecule has 1 saturated carbocycles. The van der Waals surface area contributed by atoms with Gasteiger partial charge in [0.2, 0.25) is 5.95 Å². The normalized spacial score (nSPS) is 23.1. The fourth-order valence-electron chi connectivity index (χ4n) is 2.45. The lowest BCUT2D eigenvalue weighted by atomic mass is 9.87. The van der Waals surface area contributed by atoms with Gasteiger partial charge in [0.1, 0.15) is 5.82 Å². The van der Waals surface area contributed by atoms with Crippen molar-refractivity contribution in [3.05, 3.63) is 11.8 Å². The summed E-state index contributed by atoms with van der Waals surface area (Å²) in [5, 5.41) is 16.0. The van der Waals surface area contributed by atoms with Gasteiger partial charge in [0, 0.05) is 24.8 Å². The van der Waals surface area contributed by atoms with E-state index in [2.05, 4.69) is 20.6 Å². The minimum atomic E-state index is -0.0857. The van der Waals surface area contributed by atoms with Crippen LogP contribution in [-0.4, -0.2) is 34.3 Å². The summed E-state index contributed by atoms with van der Waals surface area (Å²) in [5.41, 5.74) is 1.07. The van der Waals surface area contributed by atoms with Crippen molar-refractivity contribution in [2.75, 3.05) is 23.7 Å². The average molecular weight is 264 g/mol. The first-order valence-corrected chi connectivity index (χ1v) is 7.18. The van der Waals surface area contributed by atoms with Gasteiger partial charge in [-0.05, 0) is 45.4 Å². The Hall–Kier alpha value is -1.36. The van der Waals surface area contributed by atoms with Gasteiger partial charge in [-0.1, -0.05) is 0 Å². The first kappa shape index (κ1) is 14.1. The van der Waals surface area contributed by atoms with Crippen LogP contribution in [0.25, 0.3) is 0 Å². The highest BCUT2D eigenvalue weighted by Gasteiger charge is 2.19. The molecule has 0 saturated heterocycles. The smallest absolute Gasteiger partial charge is 0.224 e. The van der Waals surface area contributed by atoms with Crippen LogP contribution in [0.15, 0.2) is 6.20 Å². The zero-order valence-electron chi connectivity index (χ0n) is 11.8. The molecule has 1 aliphatic rings. The third-order valence-electron chi connectivity index (χ3n) is 3.68. The highest BCUT2D eigenvalue weighted by molar-refractivity contribution is 5.46.